The van der Waals surface area contributed by atoms with E-state index in [0.717, 1.165) is 11.1 Å². The molecule has 0 spiro atoms. The van der Waals surface area contributed by atoms with Crippen LogP contribution in [0, 0.1) is 29.6 Å². The van der Waals surface area contributed by atoms with Crippen molar-refractivity contribution < 1.29 is 4.74 Å². The lowest BCUT2D eigenvalue weighted by Gasteiger charge is -2.13. The van der Waals surface area contributed by atoms with Crippen LogP contribution in [0.5, 0.6) is 5.88 Å². The van der Waals surface area contributed by atoms with Crippen molar-refractivity contribution in [3.05, 3.63) is 41.0 Å². The molecule has 1 aromatic carbocycles. The molecular weight excluding hydrogens is 264 g/mol. The monoisotopic (exact) mass is 278 g/mol. The van der Waals surface area contributed by atoms with Crippen molar-refractivity contribution in [1.29, 1.82) is 10.5 Å². The minimum absolute atomic E-state index is 0.0662. The maximum absolute atomic E-state index is 9.45. The predicted molar refractivity (Wildman–Crippen MR) is 79.4 cm³/mol. The average molecular weight is 278 g/mol. The molecule has 104 valence electrons. The Morgan fingerprint density at radius 2 is 1.95 bits per heavy atom. The van der Waals surface area contributed by atoms with Gasteiger partial charge in [-0.25, -0.2) is 0 Å². The van der Waals surface area contributed by atoms with Crippen LogP contribution >= 0.6 is 0 Å². The fraction of sp³-hybridized carbons (Fsp3) is 0.188. The zero-order valence-corrected chi connectivity index (χ0v) is 11.8. The molecule has 2 aromatic rings. The van der Waals surface area contributed by atoms with Gasteiger partial charge in [0.2, 0.25) is 5.88 Å². The molecule has 1 heterocycles. The van der Waals surface area contributed by atoms with E-state index >= 15 is 0 Å². The van der Waals surface area contributed by atoms with Crippen molar-refractivity contribution in [3.63, 3.8) is 0 Å². The lowest BCUT2D eigenvalue weighted by atomic mass is 9.95. The van der Waals surface area contributed by atoms with E-state index in [1.165, 1.54) is 0 Å². The summed E-state index contributed by atoms with van der Waals surface area (Å²) in [5, 5.41) is 18.8. The molecule has 0 saturated heterocycles. The first kappa shape index (κ1) is 14.4. The number of nitrogens with zero attached hydrogens (tertiary/aromatic N) is 3. The third-order valence-electron chi connectivity index (χ3n) is 3.00. The Kier molecular flexibility index (Phi) is 4.06. The van der Waals surface area contributed by atoms with Gasteiger partial charge in [-0.2, -0.15) is 15.5 Å². The molecule has 1 aromatic heterocycles. The van der Waals surface area contributed by atoms with Gasteiger partial charge in [-0.1, -0.05) is 29.8 Å². The zero-order valence-electron chi connectivity index (χ0n) is 11.8. The highest BCUT2D eigenvalue weighted by atomic mass is 16.5. The molecule has 0 radical (unpaired) electrons. The largest absolute Gasteiger partial charge is 0.477 e. The van der Waals surface area contributed by atoms with Crippen molar-refractivity contribution in [2.75, 3.05) is 12.3 Å². The van der Waals surface area contributed by atoms with E-state index in [1.807, 2.05) is 37.3 Å². The summed E-state index contributed by atoms with van der Waals surface area (Å²) in [6.07, 6.45) is 0. The number of nitrogen functional groups attached to an aromatic ring is 1. The second-order valence-corrected chi connectivity index (χ2v) is 4.45. The van der Waals surface area contributed by atoms with Gasteiger partial charge in [0.25, 0.3) is 0 Å². The number of nitrogens with two attached hydrogens (primary N) is 1. The molecule has 0 aliphatic rings. The number of aromatic nitrogens is 1. The third kappa shape index (κ3) is 2.63. The minimum Gasteiger partial charge on any atom is -0.477 e. The van der Waals surface area contributed by atoms with Crippen LogP contribution in [-0.4, -0.2) is 11.6 Å². The van der Waals surface area contributed by atoms with Crippen LogP contribution in [0.1, 0.15) is 23.6 Å². The lowest BCUT2D eigenvalue weighted by Crippen LogP contribution is -2.06. The fourth-order valence-electron chi connectivity index (χ4n) is 2.13. The minimum atomic E-state index is 0.0662. The maximum atomic E-state index is 9.45. The van der Waals surface area contributed by atoms with Gasteiger partial charge >= 0.3 is 0 Å². The van der Waals surface area contributed by atoms with Crippen LogP contribution in [0.2, 0.25) is 0 Å². The summed E-state index contributed by atoms with van der Waals surface area (Å²) in [4.78, 5) is 4.02. The second kappa shape index (κ2) is 5.94. The quantitative estimate of drug-likeness (QED) is 0.931. The fourth-order valence-corrected chi connectivity index (χ4v) is 2.13. The van der Waals surface area contributed by atoms with Crippen molar-refractivity contribution in [3.8, 4) is 29.1 Å². The summed E-state index contributed by atoms with van der Waals surface area (Å²) in [5.74, 6) is 0.226. The Morgan fingerprint density at radius 1 is 1.24 bits per heavy atom. The Labute approximate surface area is 123 Å². The average Bonchev–Trinajstić information content (AvgIpc) is 2.47. The molecule has 0 unspecified atom stereocenters. The topological polar surface area (TPSA) is 95.7 Å². The molecule has 0 atom stereocenters. The van der Waals surface area contributed by atoms with E-state index < -0.39 is 0 Å². The zero-order chi connectivity index (χ0) is 15.4. The lowest BCUT2D eigenvalue weighted by molar-refractivity contribution is 0.326. The van der Waals surface area contributed by atoms with E-state index in [1.54, 1.807) is 6.92 Å². The molecule has 5 nitrogen and oxygen atoms in total. The smallest absolute Gasteiger partial charge is 0.234 e. The molecule has 0 bridgehead atoms. The van der Waals surface area contributed by atoms with Gasteiger partial charge in [-0.05, 0) is 19.4 Å². The highest BCUT2D eigenvalue weighted by Gasteiger charge is 2.20. The van der Waals surface area contributed by atoms with Gasteiger partial charge in [0.15, 0.2) is 0 Å². The number of rotatable bonds is 3. The summed E-state index contributed by atoms with van der Waals surface area (Å²) in [5.41, 5.74) is 8.51. The van der Waals surface area contributed by atoms with E-state index in [9.17, 15) is 10.5 Å². The third-order valence-corrected chi connectivity index (χ3v) is 3.00. The van der Waals surface area contributed by atoms with Gasteiger partial charge in [0, 0.05) is 5.56 Å². The molecule has 0 aliphatic heterocycles. The molecule has 21 heavy (non-hydrogen) atoms. The molecule has 0 aliphatic carbocycles. The number of hydrogen-bond donors (Lipinski definition) is 1. The van der Waals surface area contributed by atoms with E-state index in [4.69, 9.17) is 10.5 Å². The summed E-state index contributed by atoms with van der Waals surface area (Å²) < 4.78 is 5.38. The summed E-state index contributed by atoms with van der Waals surface area (Å²) in [6.45, 7) is 4.10. The van der Waals surface area contributed by atoms with Crippen molar-refractivity contribution in [2.45, 2.75) is 13.8 Å². The van der Waals surface area contributed by atoms with Crippen LogP contribution in [-0.2, 0) is 0 Å². The standard InChI is InChI=1S/C16H14N4O/c1-3-21-16-13(9-18)14(12(8-17)15(19)20-16)11-6-4-5-10(2)7-11/h4-7H,3H2,1-2H3,(H2,19,20). The molecule has 2 rings (SSSR count). The van der Waals surface area contributed by atoms with E-state index in [0.29, 0.717) is 12.2 Å². The van der Waals surface area contributed by atoms with Gasteiger partial charge < -0.3 is 10.5 Å². The second-order valence-electron chi connectivity index (χ2n) is 4.45. The van der Waals surface area contributed by atoms with Crippen molar-refractivity contribution in [2.24, 2.45) is 0 Å². The summed E-state index contributed by atoms with van der Waals surface area (Å²) in [7, 11) is 0. The highest BCUT2D eigenvalue weighted by molar-refractivity contribution is 5.82. The van der Waals surface area contributed by atoms with Crippen molar-refractivity contribution in [1.82, 2.24) is 4.98 Å². The van der Waals surface area contributed by atoms with Crippen LogP contribution < -0.4 is 10.5 Å². The van der Waals surface area contributed by atoms with Crippen LogP contribution in [0.15, 0.2) is 24.3 Å². The Balaban J connectivity index is 2.85. The molecule has 0 amide bonds. The van der Waals surface area contributed by atoms with Gasteiger partial charge in [-0.3, -0.25) is 0 Å². The number of anilines is 1. The summed E-state index contributed by atoms with van der Waals surface area (Å²) in [6, 6.07) is 11.6. The SMILES string of the molecule is CCOc1nc(N)c(C#N)c(-c2cccc(C)c2)c1C#N. The number of aryl methyl sites for hydroxylation is 1. The predicted octanol–water partition coefficient (Wildman–Crippen LogP) is 2.78. The maximum Gasteiger partial charge on any atom is 0.234 e. The normalized spacial score (nSPS) is 9.71. The first-order valence-electron chi connectivity index (χ1n) is 6.45. The number of pyridine rings is 1. The molecule has 0 saturated carbocycles. The first-order valence-corrected chi connectivity index (χ1v) is 6.45. The highest BCUT2D eigenvalue weighted by Crippen LogP contribution is 2.35. The number of ether oxygens (including phenoxy) is 1. The van der Waals surface area contributed by atoms with Crippen LogP contribution in [0.3, 0.4) is 0 Å². The Bertz CT molecular complexity index is 769. The first-order chi connectivity index (χ1) is 10.1. The Morgan fingerprint density at radius 3 is 2.52 bits per heavy atom. The molecule has 2 N–H and O–H groups in total. The number of nitriles is 2. The van der Waals surface area contributed by atoms with E-state index in [2.05, 4.69) is 11.1 Å². The van der Waals surface area contributed by atoms with Crippen LogP contribution in [0.25, 0.3) is 11.1 Å². The molecular formula is C16H14N4O. The van der Waals surface area contributed by atoms with Gasteiger partial charge in [0.05, 0.1) is 6.61 Å². The number of benzene rings is 1. The van der Waals surface area contributed by atoms with Crippen LogP contribution in [0.4, 0.5) is 5.82 Å². The van der Waals surface area contributed by atoms with Gasteiger partial charge in [-0.15, -0.1) is 0 Å². The van der Waals surface area contributed by atoms with Gasteiger partial charge in [0.1, 0.15) is 29.1 Å². The summed E-state index contributed by atoms with van der Waals surface area (Å²) >= 11 is 0. The molecule has 5 heteroatoms. The van der Waals surface area contributed by atoms with Crippen molar-refractivity contribution >= 4 is 5.82 Å². The molecule has 0 fully saturated rings. The number of hydrogen-bond acceptors (Lipinski definition) is 5. The Hall–Kier alpha value is -3.05. The van der Waals surface area contributed by atoms with E-state index in [-0.39, 0.29) is 22.8 Å².